The quantitative estimate of drug-likeness (QED) is 0.624. The van der Waals surface area contributed by atoms with Gasteiger partial charge in [-0.2, -0.15) is 0 Å². The van der Waals surface area contributed by atoms with E-state index in [4.69, 9.17) is 5.11 Å². The number of aliphatic hydroxyl groups excluding tert-OH is 1. The van der Waals surface area contributed by atoms with Crippen molar-refractivity contribution in [3.8, 4) is 0 Å². The van der Waals surface area contributed by atoms with Crippen LogP contribution >= 0.6 is 15.9 Å². The maximum absolute atomic E-state index is 11.8. The van der Waals surface area contributed by atoms with Crippen LogP contribution in [0.1, 0.15) is 15.9 Å². The molecule has 0 heterocycles. The first-order valence-corrected chi connectivity index (χ1v) is 6.39. The van der Waals surface area contributed by atoms with Gasteiger partial charge in [-0.1, -0.05) is 28.1 Å². The van der Waals surface area contributed by atoms with Crippen molar-refractivity contribution >= 4 is 27.8 Å². The van der Waals surface area contributed by atoms with E-state index in [1.165, 1.54) is 7.11 Å². The third kappa shape index (κ3) is 3.82. The van der Waals surface area contributed by atoms with E-state index in [1.54, 1.807) is 24.3 Å². The molecular formula is C12H14BrNO4. The maximum atomic E-state index is 11.8. The summed E-state index contributed by atoms with van der Waals surface area (Å²) in [5.74, 6) is -1.11. The first kappa shape index (κ1) is 14.7. The van der Waals surface area contributed by atoms with Gasteiger partial charge in [0.05, 0.1) is 13.7 Å². The van der Waals surface area contributed by atoms with Crippen LogP contribution in [-0.4, -0.2) is 36.7 Å². The first-order chi connectivity index (χ1) is 8.62. The van der Waals surface area contributed by atoms with Crippen molar-refractivity contribution in [1.29, 1.82) is 0 Å². The van der Waals surface area contributed by atoms with Crippen molar-refractivity contribution in [2.45, 2.75) is 11.4 Å². The van der Waals surface area contributed by atoms with Gasteiger partial charge in [-0.15, -0.1) is 0 Å². The highest BCUT2D eigenvalue weighted by Crippen LogP contribution is 2.08. The lowest BCUT2D eigenvalue weighted by atomic mass is 10.1. The molecule has 1 amide bonds. The summed E-state index contributed by atoms with van der Waals surface area (Å²) < 4.78 is 4.46. The lowest BCUT2D eigenvalue weighted by molar-refractivity contribution is -0.143. The number of rotatable bonds is 5. The van der Waals surface area contributed by atoms with Crippen molar-refractivity contribution in [2.24, 2.45) is 0 Å². The van der Waals surface area contributed by atoms with Crippen LogP contribution in [0.25, 0.3) is 0 Å². The molecule has 5 nitrogen and oxygen atoms in total. The second-order valence-corrected chi connectivity index (χ2v) is 4.12. The molecule has 0 bridgehead atoms. The normalized spacial score (nSPS) is 11.7. The molecule has 0 aromatic heterocycles. The van der Waals surface area contributed by atoms with Gasteiger partial charge in [-0.05, 0) is 17.7 Å². The van der Waals surface area contributed by atoms with Crippen LogP contribution in [0.5, 0.6) is 0 Å². The standard InChI is InChI=1S/C12H14BrNO4/c1-18-12(17)10(7-15)14-11(16)9-4-2-8(6-13)3-5-9/h2-5,10,15H,6-7H2,1H3,(H,14,16). The molecule has 18 heavy (non-hydrogen) atoms. The van der Waals surface area contributed by atoms with Crippen LogP contribution in [0.2, 0.25) is 0 Å². The van der Waals surface area contributed by atoms with Crippen molar-refractivity contribution in [2.75, 3.05) is 13.7 Å². The van der Waals surface area contributed by atoms with Gasteiger partial charge in [0.2, 0.25) is 0 Å². The molecule has 0 saturated carbocycles. The Morgan fingerprint density at radius 2 is 2.00 bits per heavy atom. The highest BCUT2D eigenvalue weighted by atomic mass is 79.9. The molecule has 0 fully saturated rings. The Morgan fingerprint density at radius 3 is 2.44 bits per heavy atom. The molecule has 0 aliphatic carbocycles. The fourth-order valence-corrected chi connectivity index (χ4v) is 1.68. The molecule has 0 spiro atoms. The van der Waals surface area contributed by atoms with Gasteiger partial charge in [0.15, 0.2) is 6.04 Å². The number of aliphatic hydroxyl groups is 1. The minimum Gasteiger partial charge on any atom is -0.467 e. The summed E-state index contributed by atoms with van der Waals surface area (Å²) in [5.41, 5.74) is 1.46. The molecule has 2 N–H and O–H groups in total. The molecular weight excluding hydrogens is 302 g/mol. The van der Waals surface area contributed by atoms with Crippen LogP contribution in [-0.2, 0) is 14.9 Å². The van der Waals surface area contributed by atoms with Crippen LogP contribution in [0.15, 0.2) is 24.3 Å². The number of amides is 1. The minimum absolute atomic E-state index is 0.419. The number of ether oxygens (including phenoxy) is 1. The van der Waals surface area contributed by atoms with E-state index in [9.17, 15) is 9.59 Å². The van der Waals surface area contributed by atoms with Gasteiger partial charge in [-0.3, -0.25) is 4.79 Å². The van der Waals surface area contributed by atoms with Crippen molar-refractivity contribution in [3.63, 3.8) is 0 Å². The lowest BCUT2D eigenvalue weighted by Crippen LogP contribution is -2.44. The van der Waals surface area contributed by atoms with E-state index in [-0.39, 0.29) is 0 Å². The average molecular weight is 316 g/mol. The van der Waals surface area contributed by atoms with Gasteiger partial charge in [0.25, 0.3) is 5.91 Å². The summed E-state index contributed by atoms with van der Waals surface area (Å²) in [6.07, 6.45) is 0. The van der Waals surface area contributed by atoms with Crippen LogP contribution in [0.4, 0.5) is 0 Å². The summed E-state index contributed by atoms with van der Waals surface area (Å²) >= 11 is 3.30. The van der Waals surface area contributed by atoms with Crippen molar-refractivity contribution in [3.05, 3.63) is 35.4 Å². The van der Waals surface area contributed by atoms with E-state index in [0.29, 0.717) is 10.9 Å². The molecule has 0 aliphatic rings. The highest BCUT2D eigenvalue weighted by molar-refractivity contribution is 9.08. The molecule has 0 aliphatic heterocycles. The first-order valence-electron chi connectivity index (χ1n) is 5.26. The molecule has 1 unspecified atom stereocenters. The molecule has 0 radical (unpaired) electrons. The predicted octanol–water partition coefficient (Wildman–Crippen LogP) is 0.845. The number of nitrogens with one attached hydrogen (secondary N) is 1. The van der Waals surface area contributed by atoms with Gasteiger partial charge in [-0.25, -0.2) is 4.79 Å². The highest BCUT2D eigenvalue weighted by Gasteiger charge is 2.20. The van der Waals surface area contributed by atoms with Gasteiger partial charge < -0.3 is 15.2 Å². The van der Waals surface area contributed by atoms with Crippen LogP contribution in [0.3, 0.4) is 0 Å². The molecule has 1 aromatic rings. The molecule has 1 atom stereocenters. The lowest BCUT2D eigenvalue weighted by Gasteiger charge is -2.13. The number of hydrogen-bond acceptors (Lipinski definition) is 4. The number of methoxy groups -OCH3 is 1. The van der Waals surface area contributed by atoms with Crippen molar-refractivity contribution < 1.29 is 19.4 Å². The molecule has 6 heteroatoms. The van der Waals surface area contributed by atoms with Crippen LogP contribution < -0.4 is 5.32 Å². The zero-order chi connectivity index (χ0) is 13.5. The van der Waals surface area contributed by atoms with Crippen molar-refractivity contribution in [1.82, 2.24) is 5.32 Å². The number of carbonyl (C=O) groups is 2. The molecule has 0 saturated heterocycles. The zero-order valence-corrected chi connectivity index (χ0v) is 11.4. The Hall–Kier alpha value is -1.40. The number of alkyl halides is 1. The molecule has 98 valence electrons. The Labute approximate surface area is 113 Å². The fraction of sp³-hybridized carbons (Fsp3) is 0.333. The largest absolute Gasteiger partial charge is 0.467 e. The maximum Gasteiger partial charge on any atom is 0.330 e. The fourth-order valence-electron chi connectivity index (χ4n) is 1.31. The van der Waals surface area contributed by atoms with E-state index in [2.05, 4.69) is 26.0 Å². The Balaban J connectivity index is 2.71. The van der Waals surface area contributed by atoms with E-state index in [1.807, 2.05) is 0 Å². The second kappa shape index (κ2) is 7.13. The Morgan fingerprint density at radius 1 is 1.39 bits per heavy atom. The number of benzene rings is 1. The number of carbonyl (C=O) groups excluding carboxylic acids is 2. The van der Waals surface area contributed by atoms with Crippen LogP contribution in [0, 0.1) is 0 Å². The molecule has 1 aromatic carbocycles. The number of hydrogen-bond donors (Lipinski definition) is 2. The summed E-state index contributed by atoms with van der Waals surface area (Å²) in [6.45, 7) is -0.502. The summed E-state index contributed by atoms with van der Waals surface area (Å²) in [5, 5.41) is 12.1. The Kier molecular flexibility index (Phi) is 5.80. The van der Waals surface area contributed by atoms with E-state index < -0.39 is 24.5 Å². The monoisotopic (exact) mass is 315 g/mol. The topological polar surface area (TPSA) is 75.6 Å². The number of esters is 1. The number of halogens is 1. The summed E-state index contributed by atoms with van der Waals surface area (Å²) in [6, 6.07) is 5.86. The van der Waals surface area contributed by atoms with E-state index >= 15 is 0 Å². The van der Waals surface area contributed by atoms with Gasteiger partial charge >= 0.3 is 5.97 Å². The van der Waals surface area contributed by atoms with E-state index in [0.717, 1.165) is 5.56 Å². The van der Waals surface area contributed by atoms with Gasteiger partial charge in [0.1, 0.15) is 0 Å². The second-order valence-electron chi connectivity index (χ2n) is 3.56. The van der Waals surface area contributed by atoms with Gasteiger partial charge in [0, 0.05) is 10.9 Å². The smallest absolute Gasteiger partial charge is 0.330 e. The minimum atomic E-state index is -1.04. The third-order valence-corrected chi connectivity index (χ3v) is 2.99. The average Bonchev–Trinajstić information content (AvgIpc) is 2.43. The summed E-state index contributed by atoms with van der Waals surface area (Å²) in [7, 11) is 1.20. The summed E-state index contributed by atoms with van der Waals surface area (Å²) in [4.78, 5) is 23.0. The molecule has 1 rings (SSSR count). The zero-order valence-electron chi connectivity index (χ0n) is 9.85. The third-order valence-electron chi connectivity index (χ3n) is 2.34. The SMILES string of the molecule is COC(=O)C(CO)NC(=O)c1ccc(CBr)cc1. The Bertz CT molecular complexity index is 419. The predicted molar refractivity (Wildman–Crippen MR) is 69.4 cm³/mol.